The number of benzene rings is 1. The Kier molecular flexibility index (Phi) is 3.26. The van der Waals surface area contributed by atoms with Gasteiger partial charge in [-0.1, -0.05) is 29.3 Å². The molecule has 1 nitrogen and oxygen atoms in total. The Labute approximate surface area is 83.0 Å². The van der Waals surface area contributed by atoms with Crippen molar-refractivity contribution in [2.24, 2.45) is 0 Å². The van der Waals surface area contributed by atoms with E-state index < -0.39 is 0 Å². The zero-order chi connectivity index (χ0) is 9.84. The minimum Gasteiger partial charge on any atom is -0.289 e. The Balaban J connectivity index is 3.13. The molecular weight excluding hydrogens is 184 g/mol. The maximum atomic E-state index is 11.4. The fourth-order valence-electron chi connectivity index (χ4n) is 1.15. The number of hydrogen-bond donors (Lipinski definition) is 0. The number of allylic oxidation sites excluding steroid dienone is 1. The lowest BCUT2D eigenvalue weighted by Gasteiger charge is -2.02. The van der Waals surface area contributed by atoms with Crippen molar-refractivity contribution in [3.63, 3.8) is 0 Å². The van der Waals surface area contributed by atoms with E-state index in [0.717, 1.165) is 16.7 Å². The quantitative estimate of drug-likeness (QED) is 0.522. The van der Waals surface area contributed by atoms with Gasteiger partial charge in [-0.15, -0.1) is 0 Å². The zero-order valence-corrected chi connectivity index (χ0v) is 8.43. The summed E-state index contributed by atoms with van der Waals surface area (Å²) in [7, 11) is 0. The molecule has 1 aromatic carbocycles. The second-order valence-electron chi connectivity index (χ2n) is 2.98. The average Bonchev–Trinajstić information content (AvgIpc) is 2.09. The predicted octanol–water partition coefficient (Wildman–Crippen LogP) is 3.24. The molecule has 1 rings (SSSR count). The van der Waals surface area contributed by atoms with Crippen LogP contribution in [0, 0.1) is 13.8 Å². The van der Waals surface area contributed by atoms with Gasteiger partial charge in [0.05, 0.1) is 0 Å². The monoisotopic (exact) mass is 194 g/mol. The summed E-state index contributed by atoms with van der Waals surface area (Å²) in [5.74, 6) is -0.0452. The van der Waals surface area contributed by atoms with E-state index in [2.05, 4.69) is 0 Å². The summed E-state index contributed by atoms with van der Waals surface area (Å²) in [5.41, 5.74) is 4.02. The van der Waals surface area contributed by atoms with E-state index in [0.29, 0.717) is 0 Å². The molecule has 0 saturated heterocycles. The van der Waals surface area contributed by atoms with Crippen LogP contribution < -0.4 is 0 Å². The van der Waals surface area contributed by atoms with Crippen LogP contribution in [0.1, 0.15) is 21.5 Å². The minimum atomic E-state index is -0.0452. The van der Waals surface area contributed by atoms with Crippen molar-refractivity contribution in [1.82, 2.24) is 0 Å². The molecule has 0 aliphatic carbocycles. The van der Waals surface area contributed by atoms with Gasteiger partial charge < -0.3 is 0 Å². The Bertz CT molecular complexity index is 353. The van der Waals surface area contributed by atoms with Crippen LogP contribution in [0.3, 0.4) is 0 Å². The molecule has 0 N–H and O–H groups in total. The first-order chi connectivity index (χ1) is 6.15. The van der Waals surface area contributed by atoms with Crippen LogP contribution in [0.15, 0.2) is 29.8 Å². The summed E-state index contributed by atoms with van der Waals surface area (Å²) in [6.07, 6.45) is 1.36. The largest absolute Gasteiger partial charge is 0.289 e. The molecule has 0 radical (unpaired) electrons. The molecule has 0 aliphatic rings. The molecule has 0 aliphatic heterocycles. The molecule has 0 unspecified atom stereocenters. The molecule has 0 saturated carbocycles. The molecule has 0 atom stereocenters. The molecule has 0 amide bonds. The highest BCUT2D eigenvalue weighted by Gasteiger charge is 2.04. The number of halogens is 1. The number of carbonyl (C=O) groups is 1. The first-order valence-corrected chi connectivity index (χ1v) is 4.47. The predicted molar refractivity (Wildman–Crippen MR) is 55.2 cm³/mol. The third-order valence-corrected chi connectivity index (χ3v) is 2.00. The van der Waals surface area contributed by atoms with Crippen LogP contribution in [0.2, 0.25) is 0 Å². The molecule has 0 bridgehead atoms. The standard InChI is InChI=1S/C11H11ClO/c1-8-3-4-9(2)10(7-8)11(13)5-6-12/h3-7H,1-2H3. The van der Waals surface area contributed by atoms with E-state index >= 15 is 0 Å². The molecule has 0 spiro atoms. The third-order valence-electron chi connectivity index (χ3n) is 1.87. The highest BCUT2D eigenvalue weighted by Crippen LogP contribution is 2.11. The zero-order valence-electron chi connectivity index (χ0n) is 7.67. The lowest BCUT2D eigenvalue weighted by molar-refractivity contribution is 0.104. The maximum Gasteiger partial charge on any atom is 0.186 e. The van der Waals surface area contributed by atoms with Crippen LogP contribution in [-0.2, 0) is 0 Å². The van der Waals surface area contributed by atoms with E-state index in [-0.39, 0.29) is 5.78 Å². The van der Waals surface area contributed by atoms with Gasteiger partial charge in [-0.05, 0) is 31.6 Å². The van der Waals surface area contributed by atoms with E-state index in [1.165, 1.54) is 11.6 Å². The van der Waals surface area contributed by atoms with Gasteiger partial charge in [-0.25, -0.2) is 0 Å². The molecule has 1 aromatic rings. The minimum absolute atomic E-state index is 0.0452. The van der Waals surface area contributed by atoms with Gasteiger partial charge in [0.25, 0.3) is 0 Å². The van der Waals surface area contributed by atoms with Gasteiger partial charge >= 0.3 is 0 Å². The smallest absolute Gasteiger partial charge is 0.186 e. The second-order valence-corrected chi connectivity index (χ2v) is 3.23. The van der Waals surface area contributed by atoms with Gasteiger partial charge in [-0.3, -0.25) is 4.79 Å². The van der Waals surface area contributed by atoms with Crippen molar-refractivity contribution in [3.8, 4) is 0 Å². The van der Waals surface area contributed by atoms with Gasteiger partial charge in [0.1, 0.15) is 0 Å². The fourth-order valence-corrected chi connectivity index (χ4v) is 1.26. The van der Waals surface area contributed by atoms with Crippen molar-refractivity contribution in [2.75, 3.05) is 0 Å². The molecule has 2 heteroatoms. The lowest BCUT2D eigenvalue weighted by atomic mass is 10.0. The highest BCUT2D eigenvalue weighted by molar-refractivity contribution is 6.27. The number of ketones is 1. The van der Waals surface area contributed by atoms with Crippen LogP contribution in [0.5, 0.6) is 0 Å². The van der Waals surface area contributed by atoms with Crippen molar-refractivity contribution in [3.05, 3.63) is 46.5 Å². The number of rotatable bonds is 2. The Morgan fingerprint density at radius 1 is 1.38 bits per heavy atom. The maximum absolute atomic E-state index is 11.4. The molecule has 0 fully saturated rings. The molecule has 13 heavy (non-hydrogen) atoms. The number of carbonyl (C=O) groups excluding carboxylic acids is 1. The Morgan fingerprint density at radius 2 is 2.08 bits per heavy atom. The normalized spacial score (nSPS) is 10.7. The van der Waals surface area contributed by atoms with E-state index in [4.69, 9.17) is 11.6 Å². The first-order valence-electron chi connectivity index (χ1n) is 4.03. The SMILES string of the molecule is Cc1ccc(C)c(C(=O)C=CCl)c1. The van der Waals surface area contributed by atoms with Crippen LogP contribution in [0.4, 0.5) is 0 Å². The van der Waals surface area contributed by atoms with Crippen molar-refractivity contribution in [2.45, 2.75) is 13.8 Å². The van der Waals surface area contributed by atoms with E-state index in [1.54, 1.807) is 0 Å². The highest BCUT2D eigenvalue weighted by atomic mass is 35.5. The van der Waals surface area contributed by atoms with E-state index in [1.807, 2.05) is 32.0 Å². The van der Waals surface area contributed by atoms with Gasteiger partial charge in [0.2, 0.25) is 0 Å². The average molecular weight is 195 g/mol. The first kappa shape index (κ1) is 10.0. The van der Waals surface area contributed by atoms with Crippen LogP contribution in [-0.4, -0.2) is 5.78 Å². The van der Waals surface area contributed by atoms with Gasteiger partial charge in [0.15, 0.2) is 5.78 Å². The summed E-state index contributed by atoms with van der Waals surface area (Å²) >= 11 is 5.34. The van der Waals surface area contributed by atoms with Crippen LogP contribution >= 0.6 is 11.6 Å². The molecule has 68 valence electrons. The van der Waals surface area contributed by atoms with Crippen molar-refractivity contribution >= 4 is 17.4 Å². The summed E-state index contributed by atoms with van der Waals surface area (Å²) in [5, 5.41) is 0. The van der Waals surface area contributed by atoms with Crippen molar-refractivity contribution in [1.29, 1.82) is 0 Å². The Hall–Kier alpha value is -1.08. The number of aryl methyl sites for hydroxylation is 2. The van der Waals surface area contributed by atoms with Gasteiger partial charge in [-0.2, -0.15) is 0 Å². The third kappa shape index (κ3) is 2.43. The van der Waals surface area contributed by atoms with E-state index in [9.17, 15) is 4.79 Å². The van der Waals surface area contributed by atoms with Crippen molar-refractivity contribution < 1.29 is 4.79 Å². The molecule has 0 heterocycles. The topological polar surface area (TPSA) is 17.1 Å². The number of hydrogen-bond acceptors (Lipinski definition) is 1. The summed E-state index contributed by atoms with van der Waals surface area (Å²) < 4.78 is 0. The summed E-state index contributed by atoms with van der Waals surface area (Å²) in [6, 6.07) is 5.79. The fraction of sp³-hybridized carbons (Fsp3) is 0.182. The summed E-state index contributed by atoms with van der Waals surface area (Å²) in [4.78, 5) is 11.4. The lowest BCUT2D eigenvalue weighted by Crippen LogP contribution is -1.97. The molecular formula is C11H11ClO. The molecule has 0 aromatic heterocycles. The summed E-state index contributed by atoms with van der Waals surface area (Å²) in [6.45, 7) is 3.87. The Morgan fingerprint density at radius 3 is 2.69 bits per heavy atom. The van der Waals surface area contributed by atoms with Gasteiger partial charge in [0, 0.05) is 11.1 Å². The van der Waals surface area contributed by atoms with Crippen LogP contribution in [0.25, 0.3) is 0 Å². The second kappa shape index (κ2) is 4.24.